The maximum atomic E-state index is 13.2. The Morgan fingerprint density at radius 1 is 1.07 bits per heavy atom. The van der Waals surface area contributed by atoms with Gasteiger partial charge in [-0.1, -0.05) is 44.2 Å². The minimum absolute atomic E-state index is 0.0558. The van der Waals surface area contributed by atoms with Gasteiger partial charge in [0.25, 0.3) is 0 Å². The molecule has 1 fully saturated rings. The summed E-state index contributed by atoms with van der Waals surface area (Å²) in [5.74, 6) is 0.728. The molecule has 2 atom stereocenters. The van der Waals surface area contributed by atoms with Crippen LogP contribution in [0.2, 0.25) is 0 Å². The first-order valence-electron chi connectivity index (χ1n) is 10.3. The summed E-state index contributed by atoms with van der Waals surface area (Å²) in [7, 11) is 3.22. The molecule has 6 nitrogen and oxygen atoms in total. The summed E-state index contributed by atoms with van der Waals surface area (Å²) < 4.78 is 11.0. The van der Waals surface area contributed by atoms with Gasteiger partial charge in [0.05, 0.1) is 20.1 Å². The number of ether oxygens (including phenoxy) is 2. The van der Waals surface area contributed by atoms with E-state index in [0.717, 1.165) is 11.1 Å². The molecule has 1 heterocycles. The van der Waals surface area contributed by atoms with Crippen LogP contribution < -0.4 is 14.8 Å². The van der Waals surface area contributed by atoms with E-state index < -0.39 is 0 Å². The molecule has 0 aromatic heterocycles. The van der Waals surface area contributed by atoms with Crippen LogP contribution in [0.5, 0.6) is 11.5 Å². The number of nitrogens with zero attached hydrogens (tertiary/aromatic N) is 1. The van der Waals surface area contributed by atoms with Crippen molar-refractivity contribution in [1.82, 2.24) is 10.2 Å². The molecule has 160 valence electrons. The molecule has 1 N–H and O–H groups in total. The highest BCUT2D eigenvalue weighted by Gasteiger charge is 2.42. The maximum Gasteiger partial charge on any atom is 0.225 e. The molecule has 30 heavy (non-hydrogen) atoms. The van der Waals surface area contributed by atoms with Gasteiger partial charge in [0.2, 0.25) is 11.8 Å². The molecule has 0 saturated carbocycles. The standard InChI is InChI=1S/C24H30N2O4/c1-16(2)24(28)26-14-20(19-12-18(29-3)10-11-22(19)30-4)21(15-26)23(27)25-13-17-8-6-5-7-9-17/h5-12,16,20-21H,13-15H2,1-4H3,(H,25,27)/t20-,21+/m1/s1. The van der Waals surface area contributed by atoms with Gasteiger partial charge in [-0.3, -0.25) is 9.59 Å². The lowest BCUT2D eigenvalue weighted by Crippen LogP contribution is -2.36. The number of rotatable bonds is 7. The number of likely N-dealkylation sites (tertiary alicyclic amines) is 1. The van der Waals surface area contributed by atoms with Crippen molar-refractivity contribution < 1.29 is 19.1 Å². The summed E-state index contributed by atoms with van der Waals surface area (Å²) in [4.78, 5) is 27.7. The summed E-state index contributed by atoms with van der Waals surface area (Å²) in [5, 5.41) is 3.05. The third kappa shape index (κ3) is 4.75. The van der Waals surface area contributed by atoms with Gasteiger partial charge >= 0.3 is 0 Å². The summed E-state index contributed by atoms with van der Waals surface area (Å²) >= 11 is 0. The topological polar surface area (TPSA) is 67.9 Å². The van der Waals surface area contributed by atoms with Crippen LogP contribution in [0.3, 0.4) is 0 Å². The van der Waals surface area contributed by atoms with Gasteiger partial charge in [-0.05, 0) is 23.8 Å². The van der Waals surface area contributed by atoms with Crippen LogP contribution in [0.1, 0.15) is 30.9 Å². The van der Waals surface area contributed by atoms with E-state index in [0.29, 0.717) is 31.1 Å². The van der Waals surface area contributed by atoms with Crippen molar-refractivity contribution in [2.45, 2.75) is 26.3 Å². The van der Waals surface area contributed by atoms with E-state index in [9.17, 15) is 9.59 Å². The van der Waals surface area contributed by atoms with E-state index in [2.05, 4.69) is 5.32 Å². The fourth-order valence-corrected chi connectivity index (χ4v) is 3.98. The molecule has 6 heteroatoms. The molecule has 3 rings (SSSR count). The molecule has 2 aromatic rings. The smallest absolute Gasteiger partial charge is 0.225 e. The van der Waals surface area contributed by atoms with E-state index in [1.807, 2.05) is 62.4 Å². The maximum absolute atomic E-state index is 13.2. The molecule has 1 aliphatic rings. The fourth-order valence-electron chi connectivity index (χ4n) is 3.98. The Labute approximate surface area is 178 Å². The zero-order valence-electron chi connectivity index (χ0n) is 18.1. The molecule has 0 radical (unpaired) electrons. The zero-order valence-corrected chi connectivity index (χ0v) is 18.1. The van der Waals surface area contributed by atoms with Crippen molar-refractivity contribution >= 4 is 11.8 Å². The van der Waals surface area contributed by atoms with Crippen molar-refractivity contribution in [2.24, 2.45) is 11.8 Å². The van der Waals surface area contributed by atoms with Crippen LogP contribution >= 0.6 is 0 Å². The van der Waals surface area contributed by atoms with Crippen LogP contribution in [-0.2, 0) is 16.1 Å². The normalized spacial score (nSPS) is 18.4. The number of hydrogen-bond acceptors (Lipinski definition) is 4. The lowest BCUT2D eigenvalue weighted by atomic mass is 9.87. The average molecular weight is 411 g/mol. The second kappa shape index (κ2) is 9.65. The highest BCUT2D eigenvalue weighted by molar-refractivity contribution is 5.84. The molecule has 0 unspecified atom stereocenters. The third-order valence-corrected chi connectivity index (χ3v) is 5.61. The Balaban J connectivity index is 1.87. The van der Waals surface area contributed by atoms with Gasteiger partial charge in [0, 0.05) is 37.0 Å². The quantitative estimate of drug-likeness (QED) is 0.761. The Morgan fingerprint density at radius 3 is 2.43 bits per heavy atom. The van der Waals surface area contributed by atoms with Gasteiger partial charge < -0.3 is 19.7 Å². The second-order valence-corrected chi connectivity index (χ2v) is 7.92. The van der Waals surface area contributed by atoms with Crippen molar-refractivity contribution in [3.63, 3.8) is 0 Å². The fraction of sp³-hybridized carbons (Fsp3) is 0.417. The minimum atomic E-state index is -0.364. The number of amides is 2. The van der Waals surface area contributed by atoms with Crippen LogP contribution in [0.4, 0.5) is 0 Å². The number of carbonyl (C=O) groups excluding carboxylic acids is 2. The molecular weight excluding hydrogens is 380 g/mol. The van der Waals surface area contributed by atoms with Gasteiger partial charge in [-0.2, -0.15) is 0 Å². The molecule has 0 spiro atoms. The minimum Gasteiger partial charge on any atom is -0.497 e. The Kier molecular flexibility index (Phi) is 6.98. The monoisotopic (exact) mass is 410 g/mol. The van der Waals surface area contributed by atoms with Gasteiger partial charge in [-0.15, -0.1) is 0 Å². The van der Waals surface area contributed by atoms with Gasteiger partial charge in [0.1, 0.15) is 11.5 Å². The Hall–Kier alpha value is -3.02. The highest BCUT2D eigenvalue weighted by Crippen LogP contribution is 2.40. The number of hydrogen-bond donors (Lipinski definition) is 1. The van der Waals surface area contributed by atoms with Crippen molar-refractivity contribution in [3.8, 4) is 11.5 Å². The van der Waals surface area contributed by atoms with E-state index in [1.165, 1.54) is 0 Å². The van der Waals surface area contributed by atoms with Gasteiger partial charge in [0.15, 0.2) is 0 Å². The lowest BCUT2D eigenvalue weighted by molar-refractivity contribution is -0.133. The lowest BCUT2D eigenvalue weighted by Gasteiger charge is -2.21. The SMILES string of the molecule is COc1ccc(OC)c([C@H]2CN(C(=O)C(C)C)C[C@@H]2C(=O)NCc2ccccc2)c1. The number of methoxy groups -OCH3 is 2. The first-order valence-corrected chi connectivity index (χ1v) is 10.3. The number of benzene rings is 2. The molecule has 0 aliphatic carbocycles. The molecule has 1 aliphatic heterocycles. The largest absolute Gasteiger partial charge is 0.497 e. The van der Waals surface area contributed by atoms with Crippen LogP contribution in [0.25, 0.3) is 0 Å². The molecule has 2 aromatic carbocycles. The third-order valence-electron chi connectivity index (χ3n) is 5.61. The average Bonchev–Trinajstić information content (AvgIpc) is 3.22. The first kappa shape index (κ1) is 21.7. The summed E-state index contributed by atoms with van der Waals surface area (Å²) in [5.41, 5.74) is 1.92. The van der Waals surface area contributed by atoms with E-state index in [4.69, 9.17) is 9.47 Å². The highest BCUT2D eigenvalue weighted by atomic mass is 16.5. The molecule has 2 amide bonds. The second-order valence-electron chi connectivity index (χ2n) is 7.92. The predicted octanol–water partition coefficient (Wildman–Crippen LogP) is 3.22. The Morgan fingerprint density at radius 2 is 1.80 bits per heavy atom. The van der Waals surface area contributed by atoms with Crippen molar-refractivity contribution in [2.75, 3.05) is 27.3 Å². The molecule has 0 bridgehead atoms. The summed E-state index contributed by atoms with van der Waals surface area (Å²) in [6, 6.07) is 15.4. The number of carbonyl (C=O) groups is 2. The van der Waals surface area contributed by atoms with Gasteiger partial charge in [-0.25, -0.2) is 0 Å². The summed E-state index contributed by atoms with van der Waals surface area (Å²) in [6.07, 6.45) is 0. The van der Waals surface area contributed by atoms with Crippen molar-refractivity contribution in [3.05, 3.63) is 59.7 Å². The van der Waals surface area contributed by atoms with E-state index in [-0.39, 0.29) is 29.6 Å². The van der Waals surface area contributed by atoms with Crippen LogP contribution in [0, 0.1) is 11.8 Å². The van der Waals surface area contributed by atoms with E-state index in [1.54, 1.807) is 19.1 Å². The van der Waals surface area contributed by atoms with E-state index >= 15 is 0 Å². The van der Waals surface area contributed by atoms with Crippen LogP contribution in [0.15, 0.2) is 48.5 Å². The predicted molar refractivity (Wildman–Crippen MR) is 115 cm³/mol. The summed E-state index contributed by atoms with van der Waals surface area (Å²) in [6.45, 7) is 5.08. The van der Waals surface area contributed by atoms with Crippen LogP contribution in [-0.4, -0.2) is 44.0 Å². The molecular formula is C24H30N2O4. The Bertz CT molecular complexity index is 882. The number of nitrogens with one attached hydrogen (secondary N) is 1. The first-order chi connectivity index (χ1) is 14.4. The zero-order chi connectivity index (χ0) is 21.7. The van der Waals surface area contributed by atoms with Crippen molar-refractivity contribution in [1.29, 1.82) is 0 Å². The molecule has 1 saturated heterocycles.